The number of aliphatic hydroxyl groups excluding tert-OH is 12. The van der Waals surface area contributed by atoms with Crippen molar-refractivity contribution in [1.82, 2.24) is 16.0 Å². The third-order valence-electron chi connectivity index (χ3n) is 14.7. The molecule has 0 aromatic rings. The maximum atomic E-state index is 13.3. The van der Waals surface area contributed by atoms with Crippen LogP contribution in [0.1, 0.15) is 77.0 Å². The van der Waals surface area contributed by atoms with Gasteiger partial charge in [0.05, 0.1) is 39.6 Å². The number of ether oxygens (including phenoxy) is 6. The second-order valence-electron chi connectivity index (χ2n) is 19.8. The molecular formula is C43H73N3O21. The number of carbonyl (C=O) groups is 3. The minimum atomic E-state index is -1.60. The number of nitrogens with one attached hydrogen (secondary N) is 3. The molecule has 3 aliphatic heterocycles. The number of hydrogen-bond acceptors (Lipinski definition) is 21. The normalized spacial score (nSPS) is 42.6. The average Bonchev–Trinajstić information content (AvgIpc) is 3.30. The van der Waals surface area contributed by atoms with Crippen molar-refractivity contribution < 1.29 is 104 Å². The van der Waals surface area contributed by atoms with E-state index in [1.165, 1.54) is 0 Å². The fourth-order valence-corrected chi connectivity index (χ4v) is 12.0. The molecular weight excluding hydrogens is 894 g/mol. The number of hydrogen-bond donors (Lipinski definition) is 15. The van der Waals surface area contributed by atoms with E-state index in [4.69, 9.17) is 28.4 Å². The molecule has 0 radical (unpaired) electrons. The molecule has 3 amide bonds. The van der Waals surface area contributed by atoms with Gasteiger partial charge in [0, 0.05) is 38.9 Å². The van der Waals surface area contributed by atoms with E-state index in [1.54, 1.807) is 0 Å². The van der Waals surface area contributed by atoms with Crippen LogP contribution in [0.3, 0.4) is 0 Å². The molecule has 4 bridgehead atoms. The number of carbonyl (C=O) groups excluding carboxylic acids is 3. The van der Waals surface area contributed by atoms with E-state index in [-0.39, 0.29) is 92.7 Å². The summed E-state index contributed by atoms with van der Waals surface area (Å²) < 4.78 is 32.6. The van der Waals surface area contributed by atoms with Gasteiger partial charge in [0.2, 0.25) is 17.7 Å². The van der Waals surface area contributed by atoms with Gasteiger partial charge in [-0.15, -0.1) is 0 Å². The highest BCUT2D eigenvalue weighted by Gasteiger charge is 2.62. The van der Waals surface area contributed by atoms with Crippen molar-refractivity contribution in [3.8, 4) is 0 Å². The summed E-state index contributed by atoms with van der Waals surface area (Å²) in [6.45, 7) is -1.90. The highest BCUT2D eigenvalue weighted by molar-refractivity contribution is 5.76. The van der Waals surface area contributed by atoms with Crippen molar-refractivity contribution in [2.24, 2.45) is 22.2 Å². The van der Waals surface area contributed by atoms with E-state index < -0.39 is 112 Å². The van der Waals surface area contributed by atoms with Gasteiger partial charge in [-0.25, -0.2) is 0 Å². The fraction of sp³-hybridized carbons (Fsp3) is 0.930. The molecule has 67 heavy (non-hydrogen) atoms. The van der Waals surface area contributed by atoms with Crippen LogP contribution in [0.25, 0.3) is 0 Å². The highest BCUT2D eigenvalue weighted by Crippen LogP contribution is 2.73. The number of aliphatic hydroxyl groups is 12. The lowest BCUT2D eigenvalue weighted by molar-refractivity contribution is -0.300. The van der Waals surface area contributed by atoms with Crippen molar-refractivity contribution >= 4 is 17.7 Å². The summed E-state index contributed by atoms with van der Waals surface area (Å²) in [5.41, 5.74) is -0.723. The molecule has 0 unspecified atom stereocenters. The van der Waals surface area contributed by atoms with Gasteiger partial charge >= 0.3 is 0 Å². The zero-order chi connectivity index (χ0) is 48.7. The number of amides is 3. The maximum absolute atomic E-state index is 13.3. The van der Waals surface area contributed by atoms with Crippen LogP contribution in [0.4, 0.5) is 0 Å². The van der Waals surface area contributed by atoms with Crippen LogP contribution in [0.15, 0.2) is 0 Å². The summed E-state index contributed by atoms with van der Waals surface area (Å²) in [4.78, 5) is 39.8. The predicted octanol–water partition coefficient (Wildman–Crippen LogP) is -5.92. The van der Waals surface area contributed by atoms with Gasteiger partial charge in [-0.2, -0.15) is 0 Å². The van der Waals surface area contributed by atoms with Crippen molar-refractivity contribution in [1.29, 1.82) is 0 Å². The molecule has 0 aromatic carbocycles. The molecule has 7 fully saturated rings. The van der Waals surface area contributed by atoms with Crippen LogP contribution in [0.5, 0.6) is 0 Å². The quantitative estimate of drug-likeness (QED) is 0.0401. The Labute approximate surface area is 387 Å². The monoisotopic (exact) mass is 967 g/mol. The van der Waals surface area contributed by atoms with E-state index >= 15 is 0 Å². The zero-order valence-corrected chi connectivity index (χ0v) is 37.6. The fourth-order valence-electron chi connectivity index (χ4n) is 12.0. The molecule has 386 valence electrons. The lowest BCUT2D eigenvalue weighted by atomic mass is 9.37. The lowest BCUT2D eigenvalue weighted by Gasteiger charge is -2.67. The van der Waals surface area contributed by atoms with Gasteiger partial charge < -0.3 is 106 Å². The smallest absolute Gasteiger partial charge is 0.220 e. The van der Waals surface area contributed by atoms with Crippen molar-refractivity contribution in [3.05, 3.63) is 0 Å². The molecule has 0 spiro atoms. The van der Waals surface area contributed by atoms with Crippen LogP contribution in [-0.2, 0) is 42.8 Å². The Morgan fingerprint density at radius 3 is 0.955 bits per heavy atom. The topological polar surface area (TPSA) is 385 Å². The SMILES string of the molecule is O=C(CCC12CC3CC(CCC(=O)NCCO[C@H]4O[C@H](CO)[C@@H](O)[C@H](O)[C@@H]4O)(C1)CC(CCC(=O)NCCO[C@H]1O[C@H](CO)[C@@H](O)[C@H](O)[C@@H]1O)(C3)C2)NCCO[C@H]1O[C@H](CO)[C@@H](O)[C@H](O)[C@@H]1O. The van der Waals surface area contributed by atoms with Gasteiger partial charge in [0.1, 0.15) is 73.2 Å². The average molecular weight is 968 g/mol. The molecule has 15 N–H and O–H groups in total. The Bertz CT molecular complexity index is 1420. The van der Waals surface area contributed by atoms with E-state index in [0.717, 1.165) is 38.5 Å². The van der Waals surface area contributed by atoms with E-state index in [1.807, 2.05) is 0 Å². The first-order chi connectivity index (χ1) is 31.9. The summed E-state index contributed by atoms with van der Waals surface area (Å²) in [6.07, 6.45) is -14.1. The van der Waals surface area contributed by atoms with Crippen LogP contribution < -0.4 is 16.0 Å². The highest BCUT2D eigenvalue weighted by atomic mass is 16.7. The van der Waals surface area contributed by atoms with Crippen LogP contribution in [0, 0.1) is 22.2 Å². The first-order valence-electron chi connectivity index (χ1n) is 23.4. The molecule has 3 heterocycles. The molecule has 24 heteroatoms. The van der Waals surface area contributed by atoms with Gasteiger partial charge in [0.15, 0.2) is 18.9 Å². The van der Waals surface area contributed by atoms with Crippen molar-refractivity contribution in [2.45, 2.75) is 169 Å². The van der Waals surface area contributed by atoms with Crippen LogP contribution in [-0.4, -0.2) is 230 Å². The first-order valence-corrected chi connectivity index (χ1v) is 23.4. The van der Waals surface area contributed by atoms with Gasteiger partial charge in [-0.3, -0.25) is 14.4 Å². The summed E-state index contributed by atoms with van der Waals surface area (Å²) >= 11 is 0. The predicted molar refractivity (Wildman–Crippen MR) is 224 cm³/mol. The molecule has 3 saturated heterocycles. The Morgan fingerprint density at radius 2 is 0.701 bits per heavy atom. The van der Waals surface area contributed by atoms with Gasteiger partial charge in [0.25, 0.3) is 0 Å². The Kier molecular flexibility index (Phi) is 19.1. The Morgan fingerprint density at radius 1 is 0.433 bits per heavy atom. The van der Waals surface area contributed by atoms with E-state index in [0.29, 0.717) is 25.2 Å². The minimum absolute atomic E-state index is 0.0582. The summed E-state index contributed by atoms with van der Waals surface area (Å²) in [7, 11) is 0. The summed E-state index contributed by atoms with van der Waals surface area (Å²) in [5.74, 6) is -0.387. The van der Waals surface area contributed by atoms with Crippen molar-refractivity contribution in [2.75, 3.05) is 59.3 Å². The zero-order valence-electron chi connectivity index (χ0n) is 37.6. The first kappa shape index (κ1) is 54.0. The van der Waals surface area contributed by atoms with Gasteiger partial charge in [-0.1, -0.05) is 0 Å². The second kappa shape index (κ2) is 23.7. The maximum Gasteiger partial charge on any atom is 0.220 e. The summed E-state index contributed by atoms with van der Waals surface area (Å²) in [6, 6.07) is 0. The van der Waals surface area contributed by atoms with E-state index in [9.17, 15) is 75.7 Å². The Balaban J connectivity index is 1.01. The minimum Gasteiger partial charge on any atom is -0.394 e. The molecule has 4 aliphatic carbocycles. The molecule has 7 aliphatic rings. The largest absolute Gasteiger partial charge is 0.394 e. The molecule has 0 aromatic heterocycles. The number of rotatable bonds is 24. The lowest BCUT2D eigenvalue weighted by Crippen LogP contribution is -2.59. The third kappa shape index (κ3) is 13.2. The second-order valence-corrected chi connectivity index (χ2v) is 19.8. The molecule has 24 nitrogen and oxygen atoms in total. The van der Waals surface area contributed by atoms with Crippen LogP contribution in [0.2, 0.25) is 0 Å². The molecule has 4 saturated carbocycles. The Hall–Kier alpha value is -2.31. The molecule has 15 atom stereocenters. The van der Waals surface area contributed by atoms with Gasteiger partial charge in [-0.05, 0) is 80.0 Å². The summed E-state index contributed by atoms with van der Waals surface area (Å²) in [5, 5.41) is 128. The van der Waals surface area contributed by atoms with Crippen LogP contribution >= 0.6 is 0 Å². The van der Waals surface area contributed by atoms with E-state index in [2.05, 4.69) is 16.0 Å². The third-order valence-corrected chi connectivity index (χ3v) is 14.7. The standard InChI is InChI=1S/C43H73N3O21/c47-16-23-29(53)32(56)35(59)38(65-23)62-10-7-44-26(50)1-4-41-13-22-14-42(19-41,5-2-27(51)45-8-11-63-39-36(60)33(57)30(54)24(17-48)66-39)21-43(15-22,20-41)6-3-28(52)46-9-12-64-40-37(61)34(58)31(55)25(18-49)67-40/h22-25,29-40,47-49,53-61H,1-21H2,(H,44,50)(H,45,51)(H,46,52)/t22?,23-,24-,25-,29-,30-,31-,32+,33+,34+,35+,36+,37+,38+,39+,40+,41?,42?,43?/m1/s1. The molecule has 7 rings (SSSR count). The van der Waals surface area contributed by atoms with Crippen molar-refractivity contribution in [3.63, 3.8) is 0 Å².